The Bertz CT molecular complexity index is 1490. The van der Waals surface area contributed by atoms with Crippen LogP contribution in [0.15, 0.2) is 65.6 Å². The molecule has 0 radical (unpaired) electrons. The van der Waals surface area contributed by atoms with Gasteiger partial charge < -0.3 is 9.84 Å². The van der Waals surface area contributed by atoms with E-state index in [0.717, 1.165) is 28.6 Å². The lowest BCUT2D eigenvalue weighted by atomic mass is 9.86. The molecule has 0 spiro atoms. The van der Waals surface area contributed by atoms with Crippen LogP contribution in [0.1, 0.15) is 25.8 Å². The lowest BCUT2D eigenvalue weighted by Crippen LogP contribution is -2.46. The Labute approximate surface area is 221 Å². The molecule has 0 aliphatic carbocycles. The molecule has 1 aliphatic heterocycles. The van der Waals surface area contributed by atoms with Crippen molar-refractivity contribution in [1.82, 2.24) is 0 Å². The van der Waals surface area contributed by atoms with E-state index in [1.54, 1.807) is 6.07 Å². The summed E-state index contributed by atoms with van der Waals surface area (Å²) in [4.78, 5) is 11.1. The molecule has 6 nitrogen and oxygen atoms in total. The predicted octanol–water partition coefficient (Wildman–Crippen LogP) is 6.62. The quantitative estimate of drug-likeness (QED) is 0.336. The highest BCUT2D eigenvalue weighted by Gasteiger charge is 2.40. The molecule has 38 heavy (non-hydrogen) atoms. The number of carboxylic acid groups (broad SMARTS) is 1. The smallest absolute Gasteiger partial charge is 0.416 e. The van der Waals surface area contributed by atoms with Crippen molar-refractivity contribution >= 4 is 33.3 Å². The first-order valence-electron chi connectivity index (χ1n) is 11.3. The van der Waals surface area contributed by atoms with Gasteiger partial charge in [0.2, 0.25) is 0 Å². The normalized spacial score (nSPS) is 16.1. The molecule has 1 aliphatic rings. The van der Waals surface area contributed by atoms with Gasteiger partial charge in [0.05, 0.1) is 28.1 Å². The summed E-state index contributed by atoms with van der Waals surface area (Å²) in [5, 5.41) is 9.66. The number of hydrogen-bond donors (Lipinski definition) is 1. The first kappa shape index (κ1) is 27.7. The van der Waals surface area contributed by atoms with Crippen LogP contribution in [0, 0.1) is 11.2 Å². The molecule has 1 heterocycles. The van der Waals surface area contributed by atoms with Crippen molar-refractivity contribution in [2.75, 3.05) is 10.8 Å². The number of aliphatic carboxylic acids is 1. The minimum Gasteiger partial charge on any atom is -0.486 e. The molecule has 1 atom stereocenters. The van der Waals surface area contributed by atoms with Crippen molar-refractivity contribution in [3.05, 3.63) is 77.1 Å². The number of fused-ring (bicyclic) bond motifs is 1. The summed E-state index contributed by atoms with van der Waals surface area (Å²) in [6, 6.07) is 11.5. The van der Waals surface area contributed by atoms with Crippen LogP contribution in [0.25, 0.3) is 11.1 Å². The van der Waals surface area contributed by atoms with E-state index in [0.29, 0.717) is 17.2 Å². The molecule has 0 unspecified atom stereocenters. The Hall–Kier alpha value is -3.31. The fourth-order valence-corrected chi connectivity index (χ4v) is 5.93. The minimum atomic E-state index is -4.77. The van der Waals surface area contributed by atoms with Crippen molar-refractivity contribution in [3.8, 4) is 16.9 Å². The van der Waals surface area contributed by atoms with Crippen molar-refractivity contribution in [2.45, 2.75) is 37.4 Å². The van der Waals surface area contributed by atoms with Crippen LogP contribution < -0.4 is 9.04 Å². The minimum absolute atomic E-state index is 0.00433. The van der Waals surface area contributed by atoms with E-state index < -0.39 is 50.0 Å². The van der Waals surface area contributed by atoms with Gasteiger partial charge in [0.15, 0.2) is 0 Å². The van der Waals surface area contributed by atoms with Gasteiger partial charge in [-0.25, -0.2) is 12.8 Å². The first-order chi connectivity index (χ1) is 17.6. The summed E-state index contributed by atoms with van der Waals surface area (Å²) in [7, 11) is -4.58. The van der Waals surface area contributed by atoms with E-state index in [1.165, 1.54) is 38.1 Å². The maximum absolute atomic E-state index is 14.0. The van der Waals surface area contributed by atoms with Gasteiger partial charge in [0, 0.05) is 11.4 Å². The number of sulfonamides is 1. The zero-order chi connectivity index (χ0) is 28.0. The zero-order valence-corrected chi connectivity index (χ0v) is 21.7. The number of carbonyl (C=O) groups is 1. The van der Waals surface area contributed by atoms with Crippen LogP contribution in [0.3, 0.4) is 0 Å². The van der Waals surface area contributed by atoms with Crippen molar-refractivity contribution in [1.29, 1.82) is 0 Å². The number of ether oxygens (including phenoxy) is 1. The molecule has 0 fully saturated rings. The van der Waals surface area contributed by atoms with Crippen LogP contribution in [-0.4, -0.2) is 32.1 Å². The fourth-order valence-electron chi connectivity index (χ4n) is 4.16. The van der Waals surface area contributed by atoms with E-state index in [9.17, 15) is 35.9 Å². The standard InChI is InChI=1S/C26H22ClF4NO5S/c1-25(2,24(33)34)13-20-14-32(38(35,36)21-5-3-4-17(11-21)26(29,30)31)22-10-15(6-7-23(22)37-20)16-8-18(27)12-19(28)9-16/h3-12,20H,13-14H2,1-2H3,(H,33,34)/t20-/m0/s1. The summed E-state index contributed by atoms with van der Waals surface area (Å²) in [6.45, 7) is 2.54. The van der Waals surface area contributed by atoms with Gasteiger partial charge in [-0.3, -0.25) is 9.10 Å². The SMILES string of the molecule is CC(C)(C[C@H]1CN(S(=O)(=O)c2cccc(C(F)(F)F)c2)c2cc(-c3cc(F)cc(Cl)c3)ccc2O1)C(=O)O. The summed E-state index contributed by atoms with van der Waals surface area (Å²) >= 11 is 5.97. The molecular formula is C26H22ClF4NO5S. The monoisotopic (exact) mass is 571 g/mol. The van der Waals surface area contributed by atoms with Gasteiger partial charge in [-0.1, -0.05) is 23.7 Å². The largest absolute Gasteiger partial charge is 0.486 e. The molecular weight excluding hydrogens is 550 g/mol. The first-order valence-corrected chi connectivity index (χ1v) is 13.1. The molecule has 3 aromatic rings. The molecule has 1 N–H and O–H groups in total. The van der Waals surface area contributed by atoms with Gasteiger partial charge in [0.1, 0.15) is 17.7 Å². The average molecular weight is 572 g/mol. The second-order valence-corrected chi connectivity index (χ2v) is 11.8. The number of alkyl halides is 3. The second-order valence-electron chi connectivity index (χ2n) is 9.54. The molecule has 0 saturated carbocycles. The summed E-state index contributed by atoms with van der Waals surface area (Å²) < 4.78 is 88.3. The number of benzene rings is 3. The number of carboxylic acids is 1. The molecule has 3 aromatic carbocycles. The number of anilines is 1. The second kappa shape index (κ2) is 9.77. The molecule has 0 saturated heterocycles. The van der Waals surface area contributed by atoms with Gasteiger partial charge in [-0.05, 0) is 73.5 Å². The maximum atomic E-state index is 14.0. The van der Waals surface area contributed by atoms with Crippen LogP contribution in [0.4, 0.5) is 23.2 Å². The van der Waals surface area contributed by atoms with Crippen LogP contribution in [0.2, 0.25) is 5.02 Å². The third-order valence-corrected chi connectivity index (χ3v) is 8.15. The van der Waals surface area contributed by atoms with Gasteiger partial charge in [-0.15, -0.1) is 0 Å². The van der Waals surface area contributed by atoms with E-state index in [4.69, 9.17) is 16.3 Å². The van der Waals surface area contributed by atoms with Crippen LogP contribution >= 0.6 is 11.6 Å². The van der Waals surface area contributed by atoms with Gasteiger partial charge >= 0.3 is 12.1 Å². The number of halogens is 5. The molecule has 0 amide bonds. The number of nitrogens with zero attached hydrogens (tertiary/aromatic N) is 1. The molecule has 0 bridgehead atoms. The lowest BCUT2D eigenvalue weighted by Gasteiger charge is -2.38. The van der Waals surface area contributed by atoms with E-state index in [-0.39, 0.29) is 29.4 Å². The maximum Gasteiger partial charge on any atom is 0.416 e. The Kier molecular flexibility index (Phi) is 7.13. The average Bonchev–Trinajstić information content (AvgIpc) is 2.82. The molecule has 4 rings (SSSR count). The summed E-state index contributed by atoms with van der Waals surface area (Å²) in [5.41, 5.74) is -1.71. The molecule has 0 aromatic heterocycles. The third-order valence-electron chi connectivity index (χ3n) is 6.15. The highest BCUT2D eigenvalue weighted by molar-refractivity contribution is 7.92. The Morgan fingerprint density at radius 2 is 1.79 bits per heavy atom. The van der Waals surface area contributed by atoms with Gasteiger partial charge in [0.25, 0.3) is 10.0 Å². The Morgan fingerprint density at radius 1 is 1.08 bits per heavy atom. The Balaban J connectivity index is 1.85. The van der Waals surface area contributed by atoms with Crippen molar-refractivity contribution < 1.29 is 40.6 Å². The van der Waals surface area contributed by atoms with Crippen molar-refractivity contribution in [3.63, 3.8) is 0 Å². The zero-order valence-electron chi connectivity index (χ0n) is 20.1. The van der Waals surface area contributed by atoms with E-state index in [2.05, 4.69) is 0 Å². The highest BCUT2D eigenvalue weighted by Crippen LogP contribution is 2.42. The highest BCUT2D eigenvalue weighted by atomic mass is 35.5. The molecule has 202 valence electrons. The predicted molar refractivity (Wildman–Crippen MR) is 133 cm³/mol. The Morgan fingerprint density at radius 3 is 2.42 bits per heavy atom. The van der Waals surface area contributed by atoms with Crippen LogP contribution in [0.5, 0.6) is 5.75 Å². The van der Waals surface area contributed by atoms with Crippen molar-refractivity contribution in [2.24, 2.45) is 5.41 Å². The summed E-state index contributed by atoms with van der Waals surface area (Å²) in [5.74, 6) is -1.67. The van der Waals surface area contributed by atoms with E-state index >= 15 is 0 Å². The third kappa shape index (κ3) is 5.58. The topological polar surface area (TPSA) is 83.9 Å². The number of hydrogen-bond acceptors (Lipinski definition) is 4. The van der Waals surface area contributed by atoms with Gasteiger partial charge in [-0.2, -0.15) is 13.2 Å². The molecule has 12 heteroatoms. The lowest BCUT2D eigenvalue weighted by molar-refractivity contribution is -0.148. The number of rotatable bonds is 6. The summed E-state index contributed by atoms with van der Waals surface area (Å²) in [6.07, 6.45) is -5.78. The van der Waals surface area contributed by atoms with E-state index in [1.807, 2.05) is 0 Å². The fraction of sp³-hybridized carbons (Fsp3) is 0.269. The van der Waals surface area contributed by atoms with Crippen LogP contribution in [-0.2, 0) is 21.0 Å².